The van der Waals surface area contributed by atoms with Crippen molar-refractivity contribution >= 4 is 5.91 Å². The van der Waals surface area contributed by atoms with Crippen molar-refractivity contribution in [2.45, 2.75) is 13.3 Å². The van der Waals surface area contributed by atoms with E-state index in [1.807, 2.05) is 25.1 Å². The molecule has 1 aromatic heterocycles. The highest BCUT2D eigenvalue weighted by Crippen LogP contribution is 1.93. The average Bonchev–Trinajstić information content (AvgIpc) is 2.06. The lowest BCUT2D eigenvalue weighted by atomic mass is 10.2. The van der Waals surface area contributed by atoms with Gasteiger partial charge in [0.2, 0.25) is 5.91 Å². The molecule has 0 saturated heterocycles. The molecule has 64 valence electrons. The largest absolute Gasteiger partial charge is 0.356 e. The van der Waals surface area contributed by atoms with Crippen molar-refractivity contribution in [3.8, 4) is 0 Å². The molecule has 0 aliphatic carbocycles. The summed E-state index contributed by atoms with van der Waals surface area (Å²) in [6.07, 6.45) is 2.06. The van der Waals surface area contributed by atoms with E-state index in [2.05, 4.69) is 10.3 Å². The Morgan fingerprint density at radius 1 is 1.58 bits per heavy atom. The molecule has 1 heterocycles. The van der Waals surface area contributed by atoms with Gasteiger partial charge in [-0.25, -0.2) is 0 Å². The van der Waals surface area contributed by atoms with Gasteiger partial charge in [-0.1, -0.05) is 6.07 Å². The molecular formula is C9H12N2O. The standard InChI is InChI=1S/C9H12N2O/c1-2-10-9(12)7-8-5-3-4-6-11-8/h3-6H,2,7H2,1H3,(H,10,12). The lowest BCUT2D eigenvalue weighted by molar-refractivity contribution is -0.120. The number of carbonyl (C=O) groups is 1. The van der Waals surface area contributed by atoms with Crippen molar-refractivity contribution in [1.29, 1.82) is 0 Å². The molecule has 1 aromatic rings. The van der Waals surface area contributed by atoms with Crippen LogP contribution >= 0.6 is 0 Å². The topological polar surface area (TPSA) is 42.0 Å². The molecule has 0 spiro atoms. The predicted octanol–water partition coefficient (Wildman–Crippen LogP) is 0.760. The molecule has 0 aliphatic rings. The van der Waals surface area contributed by atoms with Crippen LogP contribution in [-0.2, 0) is 11.2 Å². The fraction of sp³-hybridized carbons (Fsp3) is 0.333. The average molecular weight is 164 g/mol. The number of nitrogens with one attached hydrogen (secondary N) is 1. The summed E-state index contributed by atoms with van der Waals surface area (Å²) < 4.78 is 0. The molecule has 0 unspecified atom stereocenters. The normalized spacial score (nSPS) is 9.42. The summed E-state index contributed by atoms with van der Waals surface area (Å²) in [5, 5.41) is 2.72. The highest BCUT2D eigenvalue weighted by Gasteiger charge is 2.00. The van der Waals surface area contributed by atoms with E-state index in [1.54, 1.807) is 6.20 Å². The Balaban J connectivity index is 2.47. The number of nitrogens with zero attached hydrogens (tertiary/aromatic N) is 1. The maximum absolute atomic E-state index is 11.1. The summed E-state index contributed by atoms with van der Waals surface area (Å²) in [4.78, 5) is 15.1. The van der Waals surface area contributed by atoms with Crippen LogP contribution in [-0.4, -0.2) is 17.4 Å². The molecule has 1 rings (SSSR count). The summed E-state index contributed by atoms with van der Waals surface area (Å²) in [7, 11) is 0. The number of rotatable bonds is 3. The highest BCUT2D eigenvalue weighted by molar-refractivity contribution is 5.77. The summed E-state index contributed by atoms with van der Waals surface area (Å²) in [6.45, 7) is 2.57. The Hall–Kier alpha value is -1.38. The second-order valence-corrected chi connectivity index (χ2v) is 2.45. The Morgan fingerprint density at radius 2 is 2.42 bits per heavy atom. The number of hydrogen-bond acceptors (Lipinski definition) is 2. The number of likely N-dealkylation sites (N-methyl/N-ethyl adjacent to an activating group) is 1. The van der Waals surface area contributed by atoms with Crippen molar-refractivity contribution in [1.82, 2.24) is 10.3 Å². The molecule has 12 heavy (non-hydrogen) atoms. The summed E-state index contributed by atoms with van der Waals surface area (Å²) in [5.74, 6) is 0.0243. The highest BCUT2D eigenvalue weighted by atomic mass is 16.1. The van der Waals surface area contributed by atoms with Crippen molar-refractivity contribution in [3.63, 3.8) is 0 Å². The van der Waals surface area contributed by atoms with Gasteiger partial charge in [-0.05, 0) is 19.1 Å². The van der Waals surface area contributed by atoms with Crippen LogP contribution < -0.4 is 5.32 Å². The molecule has 0 aliphatic heterocycles. The molecule has 1 amide bonds. The first-order valence-electron chi connectivity index (χ1n) is 3.99. The molecule has 0 aromatic carbocycles. The summed E-state index contributed by atoms with van der Waals surface area (Å²) >= 11 is 0. The van der Waals surface area contributed by atoms with Crippen LogP contribution in [0.25, 0.3) is 0 Å². The summed E-state index contributed by atoms with van der Waals surface area (Å²) in [6, 6.07) is 5.55. The molecule has 0 atom stereocenters. The predicted molar refractivity (Wildman–Crippen MR) is 46.6 cm³/mol. The van der Waals surface area contributed by atoms with Crippen LogP contribution in [0.5, 0.6) is 0 Å². The van der Waals surface area contributed by atoms with Gasteiger partial charge >= 0.3 is 0 Å². The van der Waals surface area contributed by atoms with E-state index in [-0.39, 0.29) is 5.91 Å². The van der Waals surface area contributed by atoms with Crippen LogP contribution in [0.1, 0.15) is 12.6 Å². The van der Waals surface area contributed by atoms with E-state index in [0.29, 0.717) is 13.0 Å². The van der Waals surface area contributed by atoms with Crippen LogP contribution in [0, 0.1) is 0 Å². The first kappa shape index (κ1) is 8.71. The van der Waals surface area contributed by atoms with Gasteiger partial charge in [0.05, 0.1) is 6.42 Å². The maximum atomic E-state index is 11.1. The SMILES string of the molecule is CCNC(=O)Cc1ccccn1. The zero-order chi connectivity index (χ0) is 8.81. The summed E-state index contributed by atoms with van der Waals surface area (Å²) in [5.41, 5.74) is 0.809. The molecule has 0 fully saturated rings. The van der Waals surface area contributed by atoms with Crippen molar-refractivity contribution in [3.05, 3.63) is 30.1 Å². The van der Waals surface area contributed by atoms with E-state index >= 15 is 0 Å². The van der Waals surface area contributed by atoms with E-state index < -0.39 is 0 Å². The zero-order valence-electron chi connectivity index (χ0n) is 7.08. The third kappa shape index (κ3) is 2.70. The number of pyridine rings is 1. The first-order valence-corrected chi connectivity index (χ1v) is 3.99. The van der Waals surface area contributed by atoms with Crippen molar-refractivity contribution < 1.29 is 4.79 Å². The second-order valence-electron chi connectivity index (χ2n) is 2.45. The van der Waals surface area contributed by atoms with E-state index in [9.17, 15) is 4.79 Å². The number of amides is 1. The Labute approximate surface area is 71.8 Å². The molecule has 0 bridgehead atoms. The van der Waals surface area contributed by atoms with Gasteiger partial charge in [0.15, 0.2) is 0 Å². The first-order chi connectivity index (χ1) is 5.83. The third-order valence-corrected chi connectivity index (χ3v) is 1.44. The van der Waals surface area contributed by atoms with E-state index in [1.165, 1.54) is 0 Å². The molecule has 0 radical (unpaired) electrons. The van der Waals surface area contributed by atoms with Crippen molar-refractivity contribution in [2.24, 2.45) is 0 Å². The van der Waals surface area contributed by atoms with Gasteiger partial charge < -0.3 is 5.32 Å². The van der Waals surface area contributed by atoms with E-state index in [0.717, 1.165) is 5.69 Å². The molecule has 0 saturated carbocycles. The Bertz CT molecular complexity index is 246. The fourth-order valence-electron chi connectivity index (χ4n) is 0.927. The monoisotopic (exact) mass is 164 g/mol. The van der Waals surface area contributed by atoms with E-state index in [4.69, 9.17) is 0 Å². The number of carbonyl (C=O) groups excluding carboxylic acids is 1. The zero-order valence-corrected chi connectivity index (χ0v) is 7.08. The van der Waals surface area contributed by atoms with Gasteiger partial charge in [0.25, 0.3) is 0 Å². The quantitative estimate of drug-likeness (QED) is 0.716. The van der Waals surface area contributed by atoms with Gasteiger partial charge in [-0.15, -0.1) is 0 Å². The minimum atomic E-state index is 0.0243. The minimum Gasteiger partial charge on any atom is -0.356 e. The van der Waals surface area contributed by atoms with Crippen molar-refractivity contribution in [2.75, 3.05) is 6.54 Å². The molecule has 1 N–H and O–H groups in total. The Morgan fingerprint density at radius 3 is 3.00 bits per heavy atom. The van der Waals surface area contributed by atoms with Gasteiger partial charge in [0, 0.05) is 18.4 Å². The molecular weight excluding hydrogens is 152 g/mol. The smallest absolute Gasteiger partial charge is 0.226 e. The van der Waals surface area contributed by atoms with Gasteiger partial charge in [0.1, 0.15) is 0 Å². The van der Waals surface area contributed by atoms with Crippen LogP contribution in [0.15, 0.2) is 24.4 Å². The van der Waals surface area contributed by atoms with Crippen LogP contribution in [0.3, 0.4) is 0 Å². The Kier molecular flexibility index (Phi) is 3.26. The second kappa shape index (κ2) is 4.49. The molecule has 3 nitrogen and oxygen atoms in total. The number of hydrogen-bond donors (Lipinski definition) is 1. The third-order valence-electron chi connectivity index (χ3n) is 1.44. The number of aromatic nitrogens is 1. The van der Waals surface area contributed by atoms with Gasteiger partial charge in [-0.2, -0.15) is 0 Å². The van der Waals surface area contributed by atoms with Crippen LogP contribution in [0.2, 0.25) is 0 Å². The van der Waals surface area contributed by atoms with Gasteiger partial charge in [-0.3, -0.25) is 9.78 Å². The van der Waals surface area contributed by atoms with Crippen LogP contribution in [0.4, 0.5) is 0 Å². The molecule has 3 heteroatoms. The lowest BCUT2D eigenvalue weighted by Gasteiger charge is -2.00. The fourth-order valence-corrected chi connectivity index (χ4v) is 0.927. The minimum absolute atomic E-state index is 0.0243. The lowest BCUT2D eigenvalue weighted by Crippen LogP contribution is -2.24. The maximum Gasteiger partial charge on any atom is 0.226 e.